The van der Waals surface area contributed by atoms with E-state index in [4.69, 9.17) is 22.4 Å². The average molecular weight is 295 g/mol. The van der Waals surface area contributed by atoms with Crippen LogP contribution in [0.2, 0.25) is 5.02 Å². The third-order valence-electron chi connectivity index (χ3n) is 2.42. The number of benzene rings is 1. The van der Waals surface area contributed by atoms with Crippen LogP contribution in [0.25, 0.3) is 0 Å². The van der Waals surface area contributed by atoms with Crippen LogP contribution in [0.3, 0.4) is 0 Å². The lowest BCUT2D eigenvalue weighted by Gasteiger charge is -2.05. The van der Waals surface area contributed by atoms with Crippen LogP contribution >= 0.6 is 23.4 Å². The SMILES string of the molecule is Nc1cc(Cl)ccc1SCc1ccc(C(=O)O)cn1. The lowest BCUT2D eigenvalue weighted by molar-refractivity contribution is 0.0696. The van der Waals surface area contributed by atoms with Crippen molar-refractivity contribution in [3.05, 3.63) is 52.8 Å². The van der Waals surface area contributed by atoms with Gasteiger partial charge in [-0.15, -0.1) is 11.8 Å². The van der Waals surface area contributed by atoms with Gasteiger partial charge in [0.25, 0.3) is 0 Å². The number of hydrogen-bond donors (Lipinski definition) is 2. The van der Waals surface area contributed by atoms with Crippen LogP contribution in [0.5, 0.6) is 0 Å². The zero-order valence-corrected chi connectivity index (χ0v) is 11.4. The number of carbonyl (C=O) groups is 1. The van der Waals surface area contributed by atoms with Crippen molar-refractivity contribution in [3.8, 4) is 0 Å². The number of carboxylic acids is 1. The van der Waals surface area contributed by atoms with Crippen LogP contribution in [-0.2, 0) is 5.75 Å². The molecule has 2 aromatic rings. The van der Waals surface area contributed by atoms with Crippen molar-refractivity contribution in [2.24, 2.45) is 0 Å². The molecule has 0 aliphatic rings. The molecule has 0 bridgehead atoms. The van der Waals surface area contributed by atoms with Crippen molar-refractivity contribution in [1.29, 1.82) is 0 Å². The number of hydrogen-bond acceptors (Lipinski definition) is 4. The standard InChI is InChI=1S/C13H11ClN2O2S/c14-9-2-4-12(11(15)5-9)19-7-10-3-1-8(6-16-10)13(17)18/h1-6H,7,15H2,(H,17,18). The van der Waals surface area contributed by atoms with E-state index in [0.717, 1.165) is 10.6 Å². The molecular weight excluding hydrogens is 284 g/mol. The number of anilines is 1. The van der Waals surface area contributed by atoms with Crippen molar-refractivity contribution in [3.63, 3.8) is 0 Å². The summed E-state index contributed by atoms with van der Waals surface area (Å²) in [7, 11) is 0. The molecule has 0 radical (unpaired) electrons. The lowest BCUT2D eigenvalue weighted by Crippen LogP contribution is -1.98. The fourth-order valence-electron chi connectivity index (χ4n) is 1.44. The first-order valence-electron chi connectivity index (χ1n) is 5.42. The Morgan fingerprint density at radius 1 is 1.37 bits per heavy atom. The molecule has 0 amide bonds. The van der Waals surface area contributed by atoms with Crippen LogP contribution in [-0.4, -0.2) is 16.1 Å². The number of aromatic nitrogens is 1. The van der Waals surface area contributed by atoms with Gasteiger partial charge in [-0.3, -0.25) is 4.98 Å². The first-order valence-corrected chi connectivity index (χ1v) is 6.78. The van der Waals surface area contributed by atoms with E-state index >= 15 is 0 Å². The number of aromatic carboxylic acids is 1. The average Bonchev–Trinajstić information content (AvgIpc) is 2.38. The highest BCUT2D eigenvalue weighted by atomic mass is 35.5. The number of halogens is 1. The number of rotatable bonds is 4. The number of nitrogens with two attached hydrogens (primary N) is 1. The molecule has 0 aliphatic heterocycles. The van der Waals surface area contributed by atoms with Crippen LogP contribution in [0.1, 0.15) is 16.1 Å². The summed E-state index contributed by atoms with van der Waals surface area (Å²) in [6, 6.07) is 8.57. The van der Waals surface area contributed by atoms with E-state index in [1.165, 1.54) is 24.0 Å². The molecule has 0 spiro atoms. The summed E-state index contributed by atoms with van der Waals surface area (Å²) in [6.45, 7) is 0. The highest BCUT2D eigenvalue weighted by Crippen LogP contribution is 2.29. The van der Waals surface area contributed by atoms with E-state index in [1.54, 1.807) is 18.2 Å². The van der Waals surface area contributed by atoms with Gasteiger partial charge in [0.05, 0.1) is 11.3 Å². The molecular formula is C13H11ClN2O2S. The van der Waals surface area contributed by atoms with E-state index in [1.807, 2.05) is 6.07 Å². The summed E-state index contributed by atoms with van der Waals surface area (Å²) >= 11 is 7.35. The Kier molecular flexibility index (Phi) is 4.29. The minimum Gasteiger partial charge on any atom is -0.478 e. The van der Waals surface area contributed by atoms with Gasteiger partial charge in [0, 0.05) is 27.6 Å². The van der Waals surface area contributed by atoms with Crippen molar-refractivity contribution >= 4 is 35.0 Å². The van der Waals surface area contributed by atoms with Gasteiger partial charge in [0.15, 0.2) is 0 Å². The minimum atomic E-state index is -0.978. The zero-order valence-electron chi connectivity index (χ0n) is 9.84. The van der Waals surface area contributed by atoms with Gasteiger partial charge in [-0.05, 0) is 30.3 Å². The lowest BCUT2D eigenvalue weighted by atomic mass is 10.2. The van der Waals surface area contributed by atoms with Gasteiger partial charge >= 0.3 is 5.97 Å². The number of carboxylic acid groups (broad SMARTS) is 1. The quantitative estimate of drug-likeness (QED) is 0.668. The Hall–Kier alpha value is -1.72. The van der Waals surface area contributed by atoms with Gasteiger partial charge in [0.1, 0.15) is 0 Å². The summed E-state index contributed by atoms with van der Waals surface area (Å²) in [5, 5.41) is 9.37. The van der Waals surface area contributed by atoms with Crippen LogP contribution in [0.15, 0.2) is 41.4 Å². The number of nitrogens with zero attached hydrogens (tertiary/aromatic N) is 1. The molecule has 0 aliphatic carbocycles. The predicted octanol–water partition coefficient (Wildman–Crippen LogP) is 3.31. The Bertz CT molecular complexity index is 602. The van der Waals surface area contributed by atoms with Crippen LogP contribution in [0, 0.1) is 0 Å². The summed E-state index contributed by atoms with van der Waals surface area (Å²) in [6.07, 6.45) is 1.35. The molecule has 0 saturated heterocycles. The monoisotopic (exact) mass is 294 g/mol. The molecule has 4 nitrogen and oxygen atoms in total. The highest BCUT2D eigenvalue weighted by Gasteiger charge is 2.05. The second-order valence-electron chi connectivity index (χ2n) is 3.81. The first kappa shape index (κ1) is 13.7. The first-order chi connectivity index (χ1) is 9.06. The van der Waals surface area contributed by atoms with E-state index < -0.39 is 5.97 Å². The maximum atomic E-state index is 10.7. The third kappa shape index (κ3) is 3.62. The van der Waals surface area contributed by atoms with Gasteiger partial charge in [-0.1, -0.05) is 11.6 Å². The molecule has 0 fully saturated rings. The van der Waals surface area contributed by atoms with Gasteiger partial charge in [-0.2, -0.15) is 0 Å². The molecule has 0 unspecified atom stereocenters. The summed E-state index contributed by atoms with van der Waals surface area (Å²) < 4.78 is 0. The summed E-state index contributed by atoms with van der Waals surface area (Å²) in [5.74, 6) is -0.361. The number of thioether (sulfide) groups is 1. The highest BCUT2D eigenvalue weighted by molar-refractivity contribution is 7.98. The molecule has 2 rings (SSSR count). The molecule has 1 heterocycles. The second-order valence-corrected chi connectivity index (χ2v) is 5.27. The number of nitrogen functional groups attached to an aromatic ring is 1. The topological polar surface area (TPSA) is 76.2 Å². The molecule has 98 valence electrons. The van der Waals surface area contributed by atoms with Crippen molar-refractivity contribution in [2.75, 3.05) is 5.73 Å². The summed E-state index contributed by atoms with van der Waals surface area (Å²) in [5.41, 5.74) is 7.45. The third-order valence-corrected chi connectivity index (χ3v) is 3.78. The van der Waals surface area contributed by atoms with E-state index in [9.17, 15) is 4.79 Å². The molecule has 1 aromatic carbocycles. The Balaban J connectivity index is 2.04. The number of pyridine rings is 1. The molecule has 3 N–H and O–H groups in total. The molecule has 0 saturated carbocycles. The van der Waals surface area contributed by atoms with Crippen molar-refractivity contribution in [2.45, 2.75) is 10.6 Å². The molecule has 1 aromatic heterocycles. The Morgan fingerprint density at radius 2 is 2.16 bits per heavy atom. The molecule has 0 atom stereocenters. The van der Waals surface area contributed by atoms with Crippen LogP contribution < -0.4 is 5.73 Å². The maximum absolute atomic E-state index is 10.7. The van der Waals surface area contributed by atoms with Gasteiger partial charge in [0.2, 0.25) is 0 Å². The van der Waals surface area contributed by atoms with E-state index in [0.29, 0.717) is 16.5 Å². The predicted molar refractivity (Wildman–Crippen MR) is 76.6 cm³/mol. The smallest absolute Gasteiger partial charge is 0.337 e. The summed E-state index contributed by atoms with van der Waals surface area (Å²) in [4.78, 5) is 15.7. The van der Waals surface area contributed by atoms with Crippen molar-refractivity contribution in [1.82, 2.24) is 4.98 Å². The fourth-order valence-corrected chi connectivity index (χ4v) is 2.48. The largest absolute Gasteiger partial charge is 0.478 e. The van der Waals surface area contributed by atoms with E-state index in [-0.39, 0.29) is 5.56 Å². The second kappa shape index (κ2) is 5.95. The fraction of sp³-hybridized carbons (Fsp3) is 0.0769. The van der Waals surface area contributed by atoms with Crippen LogP contribution in [0.4, 0.5) is 5.69 Å². The van der Waals surface area contributed by atoms with Gasteiger partial charge < -0.3 is 10.8 Å². The van der Waals surface area contributed by atoms with E-state index in [2.05, 4.69) is 4.98 Å². The molecule has 6 heteroatoms. The minimum absolute atomic E-state index is 0.180. The Morgan fingerprint density at radius 3 is 2.74 bits per heavy atom. The normalized spacial score (nSPS) is 10.4. The Labute approximate surface area is 119 Å². The van der Waals surface area contributed by atoms with Gasteiger partial charge in [-0.25, -0.2) is 4.79 Å². The zero-order chi connectivity index (χ0) is 13.8. The van der Waals surface area contributed by atoms with Crippen molar-refractivity contribution < 1.29 is 9.90 Å². The maximum Gasteiger partial charge on any atom is 0.337 e. The molecule has 19 heavy (non-hydrogen) atoms.